The lowest BCUT2D eigenvalue weighted by molar-refractivity contribution is 0.252. The lowest BCUT2D eigenvalue weighted by Crippen LogP contribution is -2.35. The van der Waals surface area contributed by atoms with Crippen LogP contribution in [0.25, 0.3) is 0 Å². The van der Waals surface area contributed by atoms with Gasteiger partial charge in [-0.2, -0.15) is 0 Å². The second-order valence-corrected chi connectivity index (χ2v) is 5.81. The molecule has 1 aliphatic rings. The van der Waals surface area contributed by atoms with Crippen LogP contribution in [0, 0.1) is 11.8 Å². The lowest BCUT2D eigenvalue weighted by Gasteiger charge is -2.31. The van der Waals surface area contributed by atoms with Gasteiger partial charge in [0.15, 0.2) is 0 Å². The Morgan fingerprint density at radius 3 is 2.75 bits per heavy atom. The van der Waals surface area contributed by atoms with Crippen LogP contribution in [0.2, 0.25) is 0 Å². The maximum absolute atomic E-state index is 5.50. The van der Waals surface area contributed by atoms with Crippen molar-refractivity contribution >= 4 is 0 Å². The van der Waals surface area contributed by atoms with E-state index in [-0.39, 0.29) is 0 Å². The maximum atomic E-state index is 5.50. The highest BCUT2D eigenvalue weighted by atomic mass is 14.9. The van der Waals surface area contributed by atoms with Crippen molar-refractivity contribution in [2.24, 2.45) is 17.6 Å². The molecule has 96 valence electrons. The average molecular weight is 226 g/mol. The van der Waals surface area contributed by atoms with E-state index in [2.05, 4.69) is 19.2 Å². The number of nitrogens with one attached hydrogen (secondary N) is 1. The molecule has 16 heavy (non-hydrogen) atoms. The van der Waals surface area contributed by atoms with E-state index in [4.69, 9.17) is 5.73 Å². The Kier molecular flexibility index (Phi) is 7.06. The zero-order valence-corrected chi connectivity index (χ0v) is 11.2. The summed E-state index contributed by atoms with van der Waals surface area (Å²) in [4.78, 5) is 0. The first-order valence-corrected chi connectivity index (χ1v) is 7.15. The molecule has 2 unspecified atom stereocenters. The van der Waals surface area contributed by atoms with E-state index in [0.717, 1.165) is 37.4 Å². The van der Waals surface area contributed by atoms with Gasteiger partial charge in [-0.3, -0.25) is 0 Å². The maximum Gasteiger partial charge on any atom is 0.00697 e. The molecule has 3 N–H and O–H groups in total. The summed E-state index contributed by atoms with van der Waals surface area (Å²) >= 11 is 0. The van der Waals surface area contributed by atoms with Gasteiger partial charge in [-0.15, -0.1) is 0 Å². The molecule has 0 aliphatic heterocycles. The molecule has 0 aromatic rings. The molecule has 0 heterocycles. The largest absolute Gasteiger partial charge is 0.330 e. The monoisotopic (exact) mass is 226 g/mol. The van der Waals surface area contributed by atoms with Gasteiger partial charge in [0.25, 0.3) is 0 Å². The summed E-state index contributed by atoms with van der Waals surface area (Å²) in [6.45, 7) is 6.69. The molecular formula is C14H30N2. The number of unbranched alkanes of at least 4 members (excludes halogenated alkanes) is 1. The van der Waals surface area contributed by atoms with Crippen LogP contribution in [-0.2, 0) is 0 Å². The van der Waals surface area contributed by atoms with Crippen molar-refractivity contribution in [3.63, 3.8) is 0 Å². The third-order valence-electron chi connectivity index (χ3n) is 3.65. The second-order valence-electron chi connectivity index (χ2n) is 5.81. The van der Waals surface area contributed by atoms with Crippen LogP contribution in [0.3, 0.4) is 0 Å². The van der Waals surface area contributed by atoms with Gasteiger partial charge in [-0.05, 0) is 57.0 Å². The highest BCUT2D eigenvalue weighted by molar-refractivity contribution is 4.78. The predicted octanol–water partition coefficient (Wildman–Crippen LogP) is 2.92. The normalized spacial score (nSPS) is 26.2. The summed E-state index contributed by atoms with van der Waals surface area (Å²) in [6, 6.07) is 0.787. The van der Waals surface area contributed by atoms with Crippen molar-refractivity contribution in [1.82, 2.24) is 5.32 Å². The van der Waals surface area contributed by atoms with Crippen molar-refractivity contribution in [2.75, 3.05) is 13.1 Å². The molecule has 0 bridgehead atoms. The average Bonchev–Trinajstić information content (AvgIpc) is 2.24. The van der Waals surface area contributed by atoms with Gasteiger partial charge in [0.2, 0.25) is 0 Å². The summed E-state index contributed by atoms with van der Waals surface area (Å²) in [5.74, 6) is 1.83. The van der Waals surface area contributed by atoms with E-state index in [9.17, 15) is 0 Å². The molecule has 0 saturated heterocycles. The van der Waals surface area contributed by atoms with Gasteiger partial charge in [0.1, 0.15) is 0 Å². The SMILES string of the molecule is CC(C)CC1CCCC(NCCCCN)C1. The first-order valence-electron chi connectivity index (χ1n) is 7.15. The Hall–Kier alpha value is -0.0800. The minimum Gasteiger partial charge on any atom is -0.330 e. The first-order chi connectivity index (χ1) is 7.72. The molecule has 1 rings (SSSR count). The van der Waals surface area contributed by atoms with Gasteiger partial charge in [0, 0.05) is 6.04 Å². The number of rotatable bonds is 7. The van der Waals surface area contributed by atoms with Crippen LogP contribution in [0.15, 0.2) is 0 Å². The zero-order chi connectivity index (χ0) is 11.8. The molecule has 0 radical (unpaired) electrons. The van der Waals surface area contributed by atoms with Crippen LogP contribution in [-0.4, -0.2) is 19.1 Å². The Morgan fingerprint density at radius 2 is 2.06 bits per heavy atom. The molecule has 2 atom stereocenters. The van der Waals surface area contributed by atoms with Crippen LogP contribution < -0.4 is 11.1 Å². The van der Waals surface area contributed by atoms with Gasteiger partial charge < -0.3 is 11.1 Å². The number of nitrogens with two attached hydrogens (primary N) is 1. The molecule has 1 saturated carbocycles. The Labute approximate surface area is 101 Å². The molecule has 2 heteroatoms. The fraction of sp³-hybridized carbons (Fsp3) is 1.00. The fourth-order valence-corrected chi connectivity index (χ4v) is 2.93. The van der Waals surface area contributed by atoms with Crippen molar-refractivity contribution < 1.29 is 0 Å². The first kappa shape index (κ1) is 14.0. The van der Waals surface area contributed by atoms with E-state index >= 15 is 0 Å². The van der Waals surface area contributed by atoms with E-state index < -0.39 is 0 Å². The highest BCUT2D eigenvalue weighted by Gasteiger charge is 2.21. The fourth-order valence-electron chi connectivity index (χ4n) is 2.93. The van der Waals surface area contributed by atoms with Crippen LogP contribution in [0.5, 0.6) is 0 Å². The minimum absolute atomic E-state index is 0.787. The highest BCUT2D eigenvalue weighted by Crippen LogP contribution is 2.29. The van der Waals surface area contributed by atoms with Crippen LogP contribution >= 0.6 is 0 Å². The third-order valence-corrected chi connectivity index (χ3v) is 3.65. The summed E-state index contributed by atoms with van der Waals surface area (Å²) in [5, 5.41) is 3.70. The molecule has 0 aromatic carbocycles. The van der Waals surface area contributed by atoms with Gasteiger partial charge in [0.05, 0.1) is 0 Å². The van der Waals surface area contributed by atoms with Gasteiger partial charge >= 0.3 is 0 Å². The quantitative estimate of drug-likeness (QED) is 0.655. The van der Waals surface area contributed by atoms with Crippen molar-refractivity contribution in [2.45, 2.75) is 64.8 Å². The van der Waals surface area contributed by atoms with Crippen molar-refractivity contribution in [3.8, 4) is 0 Å². The smallest absolute Gasteiger partial charge is 0.00697 e. The van der Waals surface area contributed by atoms with Gasteiger partial charge in [-0.25, -0.2) is 0 Å². The summed E-state index contributed by atoms with van der Waals surface area (Å²) in [7, 11) is 0. The van der Waals surface area contributed by atoms with Crippen LogP contribution in [0.4, 0.5) is 0 Å². The number of hydrogen-bond donors (Lipinski definition) is 2. The topological polar surface area (TPSA) is 38.0 Å². The van der Waals surface area contributed by atoms with Gasteiger partial charge in [-0.1, -0.05) is 26.7 Å². The van der Waals surface area contributed by atoms with Crippen molar-refractivity contribution in [3.05, 3.63) is 0 Å². The summed E-state index contributed by atoms with van der Waals surface area (Å²) < 4.78 is 0. The Bertz CT molecular complexity index is 168. The Balaban J connectivity index is 2.12. The lowest BCUT2D eigenvalue weighted by atomic mass is 9.81. The predicted molar refractivity (Wildman–Crippen MR) is 71.5 cm³/mol. The molecule has 2 nitrogen and oxygen atoms in total. The van der Waals surface area contributed by atoms with Crippen LogP contribution in [0.1, 0.15) is 58.8 Å². The summed E-state index contributed by atoms with van der Waals surface area (Å²) in [5.41, 5.74) is 5.50. The van der Waals surface area contributed by atoms with E-state index in [1.807, 2.05) is 0 Å². The second kappa shape index (κ2) is 8.08. The molecule has 1 aliphatic carbocycles. The zero-order valence-electron chi connectivity index (χ0n) is 11.2. The minimum atomic E-state index is 0.787. The van der Waals surface area contributed by atoms with E-state index in [0.29, 0.717) is 0 Å². The van der Waals surface area contributed by atoms with E-state index in [1.165, 1.54) is 38.5 Å². The molecular weight excluding hydrogens is 196 g/mol. The molecule has 0 amide bonds. The third kappa shape index (κ3) is 5.86. The Morgan fingerprint density at radius 1 is 1.25 bits per heavy atom. The standard InChI is InChI=1S/C14H30N2/c1-12(2)10-13-6-5-7-14(11-13)16-9-4-3-8-15/h12-14,16H,3-11,15H2,1-2H3. The number of hydrogen-bond acceptors (Lipinski definition) is 2. The van der Waals surface area contributed by atoms with E-state index in [1.54, 1.807) is 0 Å². The molecule has 0 aromatic heterocycles. The molecule has 1 fully saturated rings. The molecule has 0 spiro atoms. The van der Waals surface area contributed by atoms with Crippen molar-refractivity contribution in [1.29, 1.82) is 0 Å². The summed E-state index contributed by atoms with van der Waals surface area (Å²) in [6.07, 6.45) is 9.49.